The number of sulfonamides is 1. The molecule has 0 bridgehead atoms. The van der Waals surface area contributed by atoms with E-state index >= 15 is 0 Å². The van der Waals surface area contributed by atoms with E-state index in [4.69, 9.17) is 0 Å². The Morgan fingerprint density at radius 1 is 0.871 bits per heavy atom. The lowest BCUT2D eigenvalue weighted by Gasteiger charge is -2.32. The Morgan fingerprint density at radius 2 is 1.48 bits per heavy atom. The van der Waals surface area contributed by atoms with Crippen molar-refractivity contribution in [1.29, 1.82) is 0 Å². The van der Waals surface area contributed by atoms with Gasteiger partial charge >= 0.3 is 0 Å². The van der Waals surface area contributed by atoms with E-state index in [0.717, 1.165) is 25.0 Å². The lowest BCUT2D eigenvalue weighted by Crippen LogP contribution is -2.37. The van der Waals surface area contributed by atoms with Gasteiger partial charge in [-0.2, -0.15) is 0 Å². The number of likely N-dealkylation sites (tertiary alicyclic amines) is 1. The maximum Gasteiger partial charge on any atom is 0.261 e. The molecule has 0 radical (unpaired) electrons. The van der Waals surface area contributed by atoms with Crippen LogP contribution in [0, 0.1) is 5.82 Å². The third-order valence-electron chi connectivity index (χ3n) is 5.56. The Bertz CT molecular complexity index is 1140. The summed E-state index contributed by atoms with van der Waals surface area (Å²) in [5.74, 6) is -0.0948. The molecule has 0 aliphatic carbocycles. The number of nitrogens with one attached hydrogen (secondary N) is 1. The third kappa shape index (κ3) is 4.94. The highest BCUT2D eigenvalue weighted by Gasteiger charge is 2.24. The van der Waals surface area contributed by atoms with Gasteiger partial charge in [0.05, 0.1) is 4.90 Å². The van der Waals surface area contributed by atoms with Gasteiger partial charge < -0.3 is 4.90 Å². The van der Waals surface area contributed by atoms with Crippen molar-refractivity contribution < 1.29 is 17.6 Å². The van der Waals surface area contributed by atoms with Crippen molar-refractivity contribution in [2.24, 2.45) is 0 Å². The molecule has 1 N–H and O–H groups in total. The Morgan fingerprint density at radius 3 is 2.10 bits per heavy atom. The molecule has 5 nitrogen and oxygen atoms in total. The predicted octanol–water partition coefficient (Wildman–Crippen LogP) is 4.65. The molecule has 7 heteroatoms. The average molecular weight is 439 g/mol. The van der Waals surface area contributed by atoms with Crippen LogP contribution in [0.2, 0.25) is 0 Å². The van der Waals surface area contributed by atoms with Gasteiger partial charge in [0.1, 0.15) is 5.82 Å². The second-order valence-corrected chi connectivity index (χ2v) is 9.30. The van der Waals surface area contributed by atoms with Crippen molar-refractivity contribution in [3.05, 3.63) is 95.8 Å². The summed E-state index contributed by atoms with van der Waals surface area (Å²) >= 11 is 0. The van der Waals surface area contributed by atoms with Crippen molar-refractivity contribution >= 4 is 21.6 Å². The number of halogens is 1. The summed E-state index contributed by atoms with van der Waals surface area (Å²) in [4.78, 5) is 14.7. The van der Waals surface area contributed by atoms with E-state index < -0.39 is 15.8 Å². The first-order valence-corrected chi connectivity index (χ1v) is 11.6. The summed E-state index contributed by atoms with van der Waals surface area (Å²) in [6.07, 6.45) is 1.84. The number of nitrogens with zero attached hydrogens (tertiary/aromatic N) is 1. The van der Waals surface area contributed by atoms with Crippen molar-refractivity contribution in [2.45, 2.75) is 23.7 Å². The highest BCUT2D eigenvalue weighted by atomic mass is 32.2. The Kier molecular flexibility index (Phi) is 6.04. The van der Waals surface area contributed by atoms with Gasteiger partial charge in [0.2, 0.25) is 0 Å². The Hall–Kier alpha value is -3.19. The molecule has 1 aliphatic rings. The number of hydrogen-bond donors (Lipinski definition) is 1. The molecule has 0 atom stereocenters. The molecule has 3 aromatic carbocycles. The summed E-state index contributed by atoms with van der Waals surface area (Å²) < 4.78 is 40.3. The minimum absolute atomic E-state index is 0.0321. The lowest BCUT2D eigenvalue weighted by atomic mass is 9.89. The molecule has 1 saturated heterocycles. The molecule has 4 rings (SSSR count). The molecule has 1 aliphatic heterocycles. The van der Waals surface area contributed by atoms with Crippen LogP contribution in [-0.4, -0.2) is 32.3 Å². The zero-order valence-electron chi connectivity index (χ0n) is 16.9. The van der Waals surface area contributed by atoms with Crippen LogP contribution in [0.25, 0.3) is 0 Å². The number of hydrogen-bond acceptors (Lipinski definition) is 3. The molecule has 1 heterocycles. The molecule has 0 aromatic heterocycles. The molecule has 0 spiro atoms. The molecular weight excluding hydrogens is 415 g/mol. The molecule has 31 heavy (non-hydrogen) atoms. The van der Waals surface area contributed by atoms with Gasteiger partial charge in [-0.05, 0) is 72.9 Å². The summed E-state index contributed by atoms with van der Waals surface area (Å²) in [5.41, 5.74) is 2.17. The summed E-state index contributed by atoms with van der Waals surface area (Å²) in [5, 5.41) is 0. The highest BCUT2D eigenvalue weighted by Crippen LogP contribution is 2.28. The van der Waals surface area contributed by atoms with Crippen LogP contribution in [0.15, 0.2) is 83.8 Å². The maximum absolute atomic E-state index is 13.0. The third-order valence-corrected chi connectivity index (χ3v) is 6.96. The number of benzene rings is 3. The van der Waals surface area contributed by atoms with Gasteiger partial charge in [-0.1, -0.05) is 30.3 Å². The molecule has 0 saturated carbocycles. The first-order valence-electron chi connectivity index (χ1n) is 10.1. The molecular formula is C24H23FN2O3S. The van der Waals surface area contributed by atoms with E-state index in [9.17, 15) is 17.6 Å². The minimum Gasteiger partial charge on any atom is -0.339 e. The summed E-state index contributed by atoms with van der Waals surface area (Å²) in [6, 6.07) is 21.3. The smallest absolute Gasteiger partial charge is 0.261 e. The highest BCUT2D eigenvalue weighted by molar-refractivity contribution is 7.92. The van der Waals surface area contributed by atoms with Crippen molar-refractivity contribution in [3.63, 3.8) is 0 Å². The van der Waals surface area contributed by atoms with Gasteiger partial charge in [0, 0.05) is 24.3 Å². The summed E-state index contributed by atoms with van der Waals surface area (Å²) in [7, 11) is -3.83. The maximum atomic E-state index is 13.0. The van der Waals surface area contributed by atoms with Crippen molar-refractivity contribution in [2.75, 3.05) is 17.8 Å². The largest absolute Gasteiger partial charge is 0.339 e. The van der Waals surface area contributed by atoms with Gasteiger partial charge in [0.25, 0.3) is 15.9 Å². The Balaban J connectivity index is 1.38. The first-order chi connectivity index (χ1) is 14.9. The molecule has 160 valence electrons. The fourth-order valence-electron chi connectivity index (χ4n) is 3.83. The summed E-state index contributed by atoms with van der Waals surface area (Å²) in [6.45, 7) is 1.38. The van der Waals surface area contributed by atoms with Crippen LogP contribution in [0.4, 0.5) is 10.1 Å². The van der Waals surface area contributed by atoms with Gasteiger partial charge in [-0.25, -0.2) is 12.8 Å². The fraction of sp³-hybridized carbons (Fsp3) is 0.208. The second-order valence-electron chi connectivity index (χ2n) is 7.61. The monoisotopic (exact) mass is 438 g/mol. The lowest BCUT2D eigenvalue weighted by molar-refractivity contribution is 0.0713. The molecule has 1 fully saturated rings. The molecule has 1 amide bonds. The van der Waals surface area contributed by atoms with Crippen LogP contribution < -0.4 is 4.72 Å². The van der Waals surface area contributed by atoms with E-state index in [1.807, 2.05) is 23.1 Å². The Labute approximate surface area is 181 Å². The van der Waals surface area contributed by atoms with Crippen LogP contribution in [0.1, 0.15) is 34.7 Å². The standard InChI is InChI=1S/C24H23FN2O3S/c25-21-8-12-23(13-9-21)31(29,30)26-22-10-6-20(7-11-22)24(28)27-16-14-19(15-17-27)18-4-2-1-3-5-18/h1-13,19,26H,14-17H2. The van der Waals surface area contributed by atoms with Gasteiger partial charge in [-0.15, -0.1) is 0 Å². The number of amides is 1. The SMILES string of the molecule is O=C(c1ccc(NS(=O)(=O)c2ccc(F)cc2)cc1)N1CCC(c2ccccc2)CC1. The van der Waals surface area contributed by atoms with Gasteiger partial charge in [-0.3, -0.25) is 9.52 Å². The van der Waals surface area contributed by atoms with E-state index in [0.29, 0.717) is 30.3 Å². The predicted molar refractivity (Wildman–Crippen MR) is 118 cm³/mol. The van der Waals surface area contributed by atoms with Crippen molar-refractivity contribution in [3.8, 4) is 0 Å². The van der Waals surface area contributed by atoms with Crippen LogP contribution in [-0.2, 0) is 10.0 Å². The topological polar surface area (TPSA) is 66.5 Å². The van der Waals surface area contributed by atoms with E-state index in [1.54, 1.807) is 24.3 Å². The minimum atomic E-state index is -3.83. The van der Waals surface area contributed by atoms with Crippen LogP contribution >= 0.6 is 0 Å². The second kappa shape index (κ2) is 8.89. The van der Waals surface area contributed by atoms with Crippen LogP contribution in [0.5, 0.6) is 0 Å². The van der Waals surface area contributed by atoms with Gasteiger partial charge in [0.15, 0.2) is 0 Å². The molecule has 3 aromatic rings. The fourth-order valence-corrected chi connectivity index (χ4v) is 4.89. The van der Waals surface area contributed by atoms with E-state index in [2.05, 4.69) is 16.9 Å². The van der Waals surface area contributed by atoms with E-state index in [-0.39, 0.29) is 10.8 Å². The number of piperidine rings is 1. The quantitative estimate of drug-likeness (QED) is 0.631. The number of anilines is 1. The van der Waals surface area contributed by atoms with Crippen molar-refractivity contribution in [1.82, 2.24) is 4.90 Å². The number of carbonyl (C=O) groups is 1. The average Bonchev–Trinajstić information content (AvgIpc) is 2.80. The molecule has 0 unspecified atom stereocenters. The zero-order chi connectivity index (χ0) is 21.8. The normalized spacial score (nSPS) is 14.9. The van der Waals surface area contributed by atoms with Crippen LogP contribution in [0.3, 0.4) is 0 Å². The number of carbonyl (C=O) groups excluding carboxylic acids is 1. The van der Waals surface area contributed by atoms with E-state index in [1.165, 1.54) is 17.7 Å². The first kappa shape index (κ1) is 21.1. The number of rotatable bonds is 5. The zero-order valence-corrected chi connectivity index (χ0v) is 17.7.